The Labute approximate surface area is 121 Å². The molecule has 0 bridgehead atoms. The third kappa shape index (κ3) is 11.4. The monoisotopic (exact) mass is 272 g/mol. The molecular weight excluding hydrogens is 236 g/mol. The summed E-state index contributed by atoms with van der Waals surface area (Å²) >= 11 is 0. The van der Waals surface area contributed by atoms with Crippen LogP contribution < -0.4 is 0 Å². The minimum absolute atomic E-state index is 0.777. The van der Waals surface area contributed by atoms with E-state index in [9.17, 15) is 0 Å². The Morgan fingerprint density at radius 2 is 1.00 bits per heavy atom. The van der Waals surface area contributed by atoms with E-state index in [4.69, 9.17) is 0 Å². The van der Waals surface area contributed by atoms with E-state index >= 15 is 0 Å². The molecular formula is C15H36N4. The van der Waals surface area contributed by atoms with Gasteiger partial charge in [0, 0.05) is 39.3 Å². The Balaban J connectivity index is 3.92. The molecule has 0 atom stereocenters. The van der Waals surface area contributed by atoms with Crippen LogP contribution in [-0.4, -0.2) is 101 Å². The molecule has 0 amide bonds. The van der Waals surface area contributed by atoms with Gasteiger partial charge in [-0.25, -0.2) is 0 Å². The average Bonchev–Trinajstić information content (AvgIpc) is 2.33. The van der Waals surface area contributed by atoms with Crippen molar-refractivity contribution in [1.29, 1.82) is 0 Å². The molecule has 0 unspecified atom stereocenters. The molecule has 0 rings (SSSR count). The number of likely N-dealkylation sites (N-methyl/N-ethyl adjacent to an activating group) is 4. The molecule has 4 heteroatoms. The molecule has 0 aromatic heterocycles. The number of hydrogen-bond donors (Lipinski definition) is 0. The van der Waals surface area contributed by atoms with Gasteiger partial charge in [0.25, 0.3) is 0 Å². The second kappa shape index (κ2) is 10.6. The van der Waals surface area contributed by atoms with Crippen LogP contribution in [0.2, 0.25) is 0 Å². The maximum Gasteiger partial charge on any atom is 0.0106 e. The molecule has 0 spiro atoms. The lowest BCUT2D eigenvalue weighted by molar-refractivity contribution is 0.192. The van der Waals surface area contributed by atoms with E-state index in [1.54, 1.807) is 0 Å². The third-order valence-electron chi connectivity index (χ3n) is 3.57. The molecule has 0 aromatic carbocycles. The summed E-state index contributed by atoms with van der Waals surface area (Å²) in [6.45, 7) is 9.32. The highest BCUT2D eigenvalue weighted by Gasteiger charge is 2.12. The zero-order valence-corrected chi connectivity index (χ0v) is 14.3. The number of hydrogen-bond acceptors (Lipinski definition) is 4. The van der Waals surface area contributed by atoms with Crippen molar-refractivity contribution in [1.82, 2.24) is 19.6 Å². The SMILES string of the molecule is CCC(CN(C)CCN(C)C)CN(C)CCN(C)C. The van der Waals surface area contributed by atoms with Gasteiger partial charge in [-0.05, 0) is 48.2 Å². The first-order valence-electron chi connectivity index (χ1n) is 7.51. The van der Waals surface area contributed by atoms with Gasteiger partial charge in [0.2, 0.25) is 0 Å². The molecule has 0 aliphatic carbocycles. The quantitative estimate of drug-likeness (QED) is 0.556. The second-order valence-corrected chi connectivity index (χ2v) is 6.41. The molecule has 116 valence electrons. The van der Waals surface area contributed by atoms with Gasteiger partial charge in [-0.15, -0.1) is 0 Å². The summed E-state index contributed by atoms with van der Waals surface area (Å²) in [7, 11) is 13.0. The van der Waals surface area contributed by atoms with Gasteiger partial charge in [0.05, 0.1) is 0 Å². The molecule has 0 saturated heterocycles. The maximum absolute atomic E-state index is 2.47. The summed E-state index contributed by atoms with van der Waals surface area (Å²) in [6, 6.07) is 0. The Hall–Kier alpha value is -0.160. The van der Waals surface area contributed by atoms with Gasteiger partial charge >= 0.3 is 0 Å². The van der Waals surface area contributed by atoms with Gasteiger partial charge in [0.1, 0.15) is 0 Å². The van der Waals surface area contributed by atoms with E-state index in [2.05, 4.69) is 68.8 Å². The van der Waals surface area contributed by atoms with E-state index in [-0.39, 0.29) is 0 Å². The van der Waals surface area contributed by atoms with Crippen LogP contribution in [0, 0.1) is 5.92 Å². The van der Waals surface area contributed by atoms with E-state index in [0.717, 1.165) is 32.1 Å². The first-order valence-corrected chi connectivity index (χ1v) is 7.51. The van der Waals surface area contributed by atoms with Crippen LogP contribution in [0.5, 0.6) is 0 Å². The summed E-state index contributed by atoms with van der Waals surface area (Å²) in [4.78, 5) is 9.43. The molecule has 0 heterocycles. The van der Waals surface area contributed by atoms with E-state index in [0.29, 0.717) is 0 Å². The first-order chi connectivity index (χ1) is 8.85. The molecule has 0 saturated carbocycles. The van der Waals surface area contributed by atoms with Gasteiger partial charge in [-0.3, -0.25) is 0 Å². The van der Waals surface area contributed by atoms with Crippen molar-refractivity contribution in [2.24, 2.45) is 5.92 Å². The molecule has 0 aliphatic heterocycles. The Morgan fingerprint density at radius 1 is 0.632 bits per heavy atom. The fraction of sp³-hybridized carbons (Fsp3) is 1.00. The van der Waals surface area contributed by atoms with Crippen molar-refractivity contribution in [3.8, 4) is 0 Å². The molecule has 0 aromatic rings. The summed E-state index contributed by atoms with van der Waals surface area (Å²) in [5.41, 5.74) is 0. The molecule has 0 radical (unpaired) electrons. The third-order valence-corrected chi connectivity index (χ3v) is 3.57. The average molecular weight is 272 g/mol. The van der Waals surface area contributed by atoms with Crippen LogP contribution in [0.4, 0.5) is 0 Å². The van der Waals surface area contributed by atoms with Crippen LogP contribution in [0.1, 0.15) is 13.3 Å². The van der Waals surface area contributed by atoms with Crippen LogP contribution in [-0.2, 0) is 0 Å². The zero-order valence-electron chi connectivity index (χ0n) is 14.3. The Bertz CT molecular complexity index is 186. The van der Waals surface area contributed by atoms with E-state index < -0.39 is 0 Å². The Kier molecular flexibility index (Phi) is 10.5. The number of nitrogens with zero attached hydrogens (tertiary/aromatic N) is 4. The zero-order chi connectivity index (χ0) is 14.8. The highest BCUT2D eigenvalue weighted by atomic mass is 15.2. The maximum atomic E-state index is 2.47. The highest BCUT2D eigenvalue weighted by Crippen LogP contribution is 2.06. The topological polar surface area (TPSA) is 13.0 Å². The fourth-order valence-corrected chi connectivity index (χ4v) is 2.12. The van der Waals surface area contributed by atoms with Crippen molar-refractivity contribution in [2.45, 2.75) is 13.3 Å². The summed E-state index contributed by atoms with van der Waals surface area (Å²) in [5, 5.41) is 0. The van der Waals surface area contributed by atoms with Gasteiger partial charge < -0.3 is 19.6 Å². The molecule has 0 N–H and O–H groups in total. The normalized spacial score (nSPS) is 12.6. The van der Waals surface area contributed by atoms with Crippen LogP contribution in [0.3, 0.4) is 0 Å². The van der Waals surface area contributed by atoms with E-state index in [1.807, 2.05) is 0 Å². The van der Waals surface area contributed by atoms with Crippen molar-refractivity contribution in [3.63, 3.8) is 0 Å². The summed E-state index contributed by atoms with van der Waals surface area (Å²) < 4.78 is 0. The first kappa shape index (κ1) is 18.8. The fourth-order valence-electron chi connectivity index (χ4n) is 2.12. The van der Waals surface area contributed by atoms with Crippen molar-refractivity contribution >= 4 is 0 Å². The van der Waals surface area contributed by atoms with Gasteiger partial charge in [-0.1, -0.05) is 13.3 Å². The molecule has 0 aliphatic rings. The predicted octanol–water partition coefficient (Wildman–Crippen LogP) is 0.999. The Morgan fingerprint density at radius 3 is 1.26 bits per heavy atom. The minimum Gasteiger partial charge on any atom is -0.308 e. The summed E-state index contributed by atoms with van der Waals surface area (Å²) in [5.74, 6) is 0.777. The lowest BCUT2D eigenvalue weighted by Crippen LogP contribution is -2.38. The lowest BCUT2D eigenvalue weighted by atomic mass is 10.1. The lowest BCUT2D eigenvalue weighted by Gasteiger charge is -2.28. The number of rotatable bonds is 11. The standard InChI is InChI=1S/C15H36N4/c1-8-15(13-18(6)11-9-16(2)3)14-19(7)12-10-17(4)5/h15H,8-14H2,1-7H3. The molecule has 19 heavy (non-hydrogen) atoms. The largest absolute Gasteiger partial charge is 0.308 e. The van der Waals surface area contributed by atoms with Crippen molar-refractivity contribution in [2.75, 3.05) is 81.6 Å². The van der Waals surface area contributed by atoms with Crippen LogP contribution in [0.15, 0.2) is 0 Å². The predicted molar refractivity (Wildman–Crippen MR) is 85.9 cm³/mol. The minimum atomic E-state index is 0.777. The second-order valence-electron chi connectivity index (χ2n) is 6.41. The van der Waals surface area contributed by atoms with Gasteiger partial charge in [-0.2, -0.15) is 0 Å². The smallest absolute Gasteiger partial charge is 0.0106 e. The van der Waals surface area contributed by atoms with Crippen molar-refractivity contribution in [3.05, 3.63) is 0 Å². The highest BCUT2D eigenvalue weighted by molar-refractivity contribution is 4.67. The van der Waals surface area contributed by atoms with Gasteiger partial charge in [0.15, 0.2) is 0 Å². The van der Waals surface area contributed by atoms with E-state index in [1.165, 1.54) is 19.5 Å². The van der Waals surface area contributed by atoms with Crippen LogP contribution in [0.25, 0.3) is 0 Å². The van der Waals surface area contributed by atoms with Crippen molar-refractivity contribution < 1.29 is 0 Å². The van der Waals surface area contributed by atoms with Crippen LogP contribution >= 0.6 is 0 Å². The summed E-state index contributed by atoms with van der Waals surface area (Å²) in [6.07, 6.45) is 1.26. The molecule has 4 nitrogen and oxygen atoms in total. The molecule has 0 fully saturated rings.